The lowest BCUT2D eigenvalue weighted by Gasteiger charge is -2.13. The zero-order valence-corrected chi connectivity index (χ0v) is 17.2. The molecule has 0 bridgehead atoms. The topological polar surface area (TPSA) is 56.1 Å². The van der Waals surface area contributed by atoms with E-state index in [-0.39, 0.29) is 11.9 Å². The Morgan fingerprint density at radius 1 is 1.30 bits per heavy atom. The SMILES string of the molecule is Cc1ccc(OCc2csc(C(=O)NC(C)c3cnn(C)c3C)c2)c(C)c1. The molecule has 1 atom stereocenters. The lowest BCUT2D eigenvalue weighted by atomic mass is 10.1. The number of nitrogens with one attached hydrogen (secondary N) is 1. The summed E-state index contributed by atoms with van der Waals surface area (Å²) in [4.78, 5) is 13.2. The summed E-state index contributed by atoms with van der Waals surface area (Å²) in [6, 6.07) is 7.93. The van der Waals surface area contributed by atoms with E-state index in [0.29, 0.717) is 11.5 Å². The minimum Gasteiger partial charge on any atom is -0.489 e. The van der Waals surface area contributed by atoms with Crippen LogP contribution in [0, 0.1) is 20.8 Å². The fourth-order valence-corrected chi connectivity index (χ4v) is 3.78. The van der Waals surface area contributed by atoms with E-state index in [1.165, 1.54) is 16.9 Å². The molecule has 0 saturated carbocycles. The minimum atomic E-state index is -0.0943. The Morgan fingerprint density at radius 3 is 2.74 bits per heavy atom. The van der Waals surface area contributed by atoms with Gasteiger partial charge >= 0.3 is 0 Å². The van der Waals surface area contributed by atoms with Crippen molar-refractivity contribution in [1.82, 2.24) is 15.1 Å². The first-order valence-electron chi connectivity index (χ1n) is 8.92. The molecular weight excluding hydrogens is 358 g/mol. The molecule has 27 heavy (non-hydrogen) atoms. The predicted octanol–water partition coefficient (Wildman–Crippen LogP) is 4.48. The highest BCUT2D eigenvalue weighted by molar-refractivity contribution is 7.12. The van der Waals surface area contributed by atoms with Gasteiger partial charge in [-0.05, 0) is 50.8 Å². The third-order valence-electron chi connectivity index (χ3n) is 4.69. The van der Waals surface area contributed by atoms with Gasteiger partial charge in [-0.3, -0.25) is 9.48 Å². The van der Waals surface area contributed by atoms with Crippen molar-refractivity contribution in [3.8, 4) is 5.75 Å². The van der Waals surface area contributed by atoms with Gasteiger partial charge in [0, 0.05) is 23.9 Å². The quantitative estimate of drug-likeness (QED) is 0.683. The molecule has 1 unspecified atom stereocenters. The smallest absolute Gasteiger partial charge is 0.261 e. The fourth-order valence-electron chi connectivity index (χ4n) is 2.98. The molecule has 6 heteroatoms. The van der Waals surface area contributed by atoms with Crippen LogP contribution in [-0.4, -0.2) is 15.7 Å². The largest absolute Gasteiger partial charge is 0.489 e. The number of ether oxygens (including phenoxy) is 1. The molecule has 3 rings (SSSR count). The summed E-state index contributed by atoms with van der Waals surface area (Å²) in [7, 11) is 1.90. The molecule has 1 aromatic carbocycles. The molecule has 2 heterocycles. The first kappa shape index (κ1) is 19.2. The van der Waals surface area contributed by atoms with E-state index < -0.39 is 0 Å². The Bertz CT molecular complexity index is 958. The molecule has 0 spiro atoms. The number of hydrogen-bond donors (Lipinski definition) is 1. The number of carbonyl (C=O) groups is 1. The van der Waals surface area contributed by atoms with E-state index in [4.69, 9.17) is 4.74 Å². The summed E-state index contributed by atoms with van der Waals surface area (Å²) in [5.41, 5.74) is 5.41. The number of carbonyl (C=O) groups excluding carboxylic acids is 1. The van der Waals surface area contributed by atoms with E-state index in [1.54, 1.807) is 6.20 Å². The van der Waals surface area contributed by atoms with Crippen LogP contribution in [0.2, 0.25) is 0 Å². The van der Waals surface area contributed by atoms with Gasteiger partial charge < -0.3 is 10.1 Å². The second-order valence-electron chi connectivity index (χ2n) is 6.88. The maximum Gasteiger partial charge on any atom is 0.261 e. The van der Waals surface area contributed by atoms with Gasteiger partial charge in [-0.1, -0.05) is 17.7 Å². The summed E-state index contributed by atoms with van der Waals surface area (Å²) < 4.78 is 7.71. The first-order chi connectivity index (χ1) is 12.8. The molecule has 1 N–H and O–H groups in total. The highest BCUT2D eigenvalue weighted by atomic mass is 32.1. The van der Waals surface area contributed by atoms with Crippen LogP contribution in [0.1, 0.15) is 50.6 Å². The molecule has 0 aliphatic heterocycles. The molecule has 0 saturated heterocycles. The van der Waals surface area contributed by atoms with Gasteiger partial charge in [0.25, 0.3) is 5.91 Å². The Kier molecular flexibility index (Phi) is 5.65. The Morgan fingerprint density at radius 2 is 2.07 bits per heavy atom. The van der Waals surface area contributed by atoms with Gasteiger partial charge in [0.05, 0.1) is 17.1 Å². The average molecular weight is 384 g/mol. The molecule has 5 nitrogen and oxygen atoms in total. The normalized spacial score (nSPS) is 12.0. The van der Waals surface area contributed by atoms with Crippen LogP contribution in [0.15, 0.2) is 35.8 Å². The monoisotopic (exact) mass is 383 g/mol. The van der Waals surface area contributed by atoms with Crippen LogP contribution in [0.25, 0.3) is 0 Å². The van der Waals surface area contributed by atoms with E-state index in [2.05, 4.69) is 23.4 Å². The van der Waals surface area contributed by atoms with E-state index in [9.17, 15) is 4.79 Å². The van der Waals surface area contributed by atoms with Crippen LogP contribution < -0.4 is 10.1 Å². The molecule has 142 valence electrons. The third-order valence-corrected chi connectivity index (χ3v) is 5.67. The lowest BCUT2D eigenvalue weighted by molar-refractivity contribution is 0.0944. The Hall–Kier alpha value is -2.60. The fraction of sp³-hybridized carbons (Fsp3) is 0.333. The van der Waals surface area contributed by atoms with Crippen molar-refractivity contribution in [1.29, 1.82) is 0 Å². The molecule has 0 aliphatic carbocycles. The standard InChI is InChI=1S/C21H25N3O2S/c1-13-6-7-19(14(2)8-13)26-11-17-9-20(27-12-17)21(25)23-15(3)18-10-22-24(5)16(18)4/h6-10,12,15H,11H2,1-5H3,(H,23,25). The maximum atomic E-state index is 12.6. The van der Waals surface area contributed by atoms with Crippen molar-refractivity contribution >= 4 is 17.2 Å². The van der Waals surface area contributed by atoms with Crippen molar-refractivity contribution in [3.05, 3.63) is 68.7 Å². The number of nitrogens with zero attached hydrogens (tertiary/aromatic N) is 2. The number of aromatic nitrogens is 2. The second kappa shape index (κ2) is 7.96. The maximum absolute atomic E-state index is 12.6. The van der Waals surface area contributed by atoms with Crippen molar-refractivity contribution in [3.63, 3.8) is 0 Å². The number of rotatable bonds is 6. The van der Waals surface area contributed by atoms with Gasteiger partial charge in [-0.2, -0.15) is 5.10 Å². The van der Waals surface area contributed by atoms with Crippen molar-refractivity contribution in [2.75, 3.05) is 0 Å². The summed E-state index contributed by atoms with van der Waals surface area (Å²) in [5, 5.41) is 9.26. The van der Waals surface area contributed by atoms with Crippen LogP contribution in [0.3, 0.4) is 0 Å². The summed E-state index contributed by atoms with van der Waals surface area (Å²) in [6.45, 7) is 8.52. The number of aryl methyl sites for hydroxylation is 3. The molecule has 0 radical (unpaired) electrons. The zero-order chi connectivity index (χ0) is 19.6. The Labute approximate surface area is 164 Å². The molecular formula is C21H25N3O2S. The molecule has 0 aliphatic rings. The van der Waals surface area contributed by atoms with Gasteiger partial charge in [0.2, 0.25) is 0 Å². The Balaban J connectivity index is 1.61. The van der Waals surface area contributed by atoms with Crippen molar-refractivity contribution in [2.24, 2.45) is 7.05 Å². The zero-order valence-electron chi connectivity index (χ0n) is 16.4. The van der Waals surface area contributed by atoms with Gasteiger partial charge in [-0.15, -0.1) is 11.3 Å². The van der Waals surface area contributed by atoms with E-state index in [0.717, 1.165) is 28.1 Å². The van der Waals surface area contributed by atoms with Crippen LogP contribution in [0.4, 0.5) is 0 Å². The van der Waals surface area contributed by atoms with Gasteiger partial charge in [0.1, 0.15) is 12.4 Å². The predicted molar refractivity (Wildman–Crippen MR) is 108 cm³/mol. The van der Waals surface area contributed by atoms with Crippen LogP contribution >= 0.6 is 11.3 Å². The number of hydrogen-bond acceptors (Lipinski definition) is 4. The number of benzene rings is 1. The van der Waals surface area contributed by atoms with Crippen LogP contribution in [-0.2, 0) is 13.7 Å². The highest BCUT2D eigenvalue weighted by Gasteiger charge is 2.17. The molecule has 3 aromatic rings. The summed E-state index contributed by atoms with van der Waals surface area (Å²) in [5.74, 6) is 0.798. The molecule has 1 amide bonds. The molecule has 2 aromatic heterocycles. The minimum absolute atomic E-state index is 0.0754. The second-order valence-corrected chi connectivity index (χ2v) is 7.79. The number of amides is 1. The van der Waals surface area contributed by atoms with Crippen LogP contribution in [0.5, 0.6) is 5.75 Å². The van der Waals surface area contributed by atoms with Gasteiger partial charge in [-0.25, -0.2) is 0 Å². The highest BCUT2D eigenvalue weighted by Crippen LogP contribution is 2.23. The van der Waals surface area contributed by atoms with Crippen molar-refractivity contribution in [2.45, 2.75) is 40.3 Å². The molecule has 0 fully saturated rings. The van der Waals surface area contributed by atoms with E-state index in [1.807, 2.05) is 56.1 Å². The van der Waals surface area contributed by atoms with Gasteiger partial charge in [0.15, 0.2) is 0 Å². The first-order valence-corrected chi connectivity index (χ1v) is 9.80. The van der Waals surface area contributed by atoms with Crippen molar-refractivity contribution < 1.29 is 9.53 Å². The third kappa shape index (κ3) is 4.39. The average Bonchev–Trinajstić information content (AvgIpc) is 3.22. The number of thiophene rings is 1. The lowest BCUT2D eigenvalue weighted by Crippen LogP contribution is -2.26. The summed E-state index contributed by atoms with van der Waals surface area (Å²) >= 11 is 1.43. The summed E-state index contributed by atoms with van der Waals surface area (Å²) in [6.07, 6.45) is 1.80. The van der Waals surface area contributed by atoms with E-state index >= 15 is 0 Å².